The van der Waals surface area contributed by atoms with Gasteiger partial charge in [-0.1, -0.05) is 24.3 Å². The van der Waals surface area contributed by atoms with Crippen LogP contribution in [-0.4, -0.2) is 33.9 Å². The highest BCUT2D eigenvalue weighted by molar-refractivity contribution is 7.84. The van der Waals surface area contributed by atoms with Crippen LogP contribution in [0.3, 0.4) is 0 Å². The molecule has 1 aliphatic heterocycles. The summed E-state index contributed by atoms with van der Waals surface area (Å²) in [4.78, 5) is 28.4. The van der Waals surface area contributed by atoms with E-state index in [-0.39, 0.29) is 13.0 Å². The van der Waals surface area contributed by atoms with Crippen molar-refractivity contribution in [3.63, 3.8) is 0 Å². The van der Waals surface area contributed by atoms with Crippen LogP contribution in [0.5, 0.6) is 0 Å². The molecule has 0 saturated carbocycles. The zero-order chi connectivity index (χ0) is 26.7. The maximum atomic E-state index is 14.2. The molecule has 1 N–H and O–H groups in total. The summed E-state index contributed by atoms with van der Waals surface area (Å²) in [5.41, 5.74) is 4.03. The molecule has 1 aliphatic carbocycles. The van der Waals surface area contributed by atoms with Crippen LogP contribution in [0.25, 0.3) is 17.2 Å². The molecule has 0 aromatic heterocycles. The molecule has 2 unspecified atom stereocenters. The summed E-state index contributed by atoms with van der Waals surface area (Å²) in [6.45, 7) is 3.29. The number of hydrogen-bond donors (Lipinski definition) is 1. The molecule has 0 bridgehead atoms. The van der Waals surface area contributed by atoms with Gasteiger partial charge in [0.15, 0.2) is 5.72 Å². The van der Waals surface area contributed by atoms with Gasteiger partial charge >= 0.3 is 5.97 Å². The highest BCUT2D eigenvalue weighted by atomic mass is 32.2. The number of ether oxygens (including phenoxy) is 1. The minimum Gasteiger partial charge on any atom is -0.435 e. The highest BCUT2D eigenvalue weighted by Crippen LogP contribution is 2.44. The largest absolute Gasteiger partial charge is 0.435 e. The third-order valence-electron chi connectivity index (χ3n) is 6.12. The van der Waals surface area contributed by atoms with Gasteiger partial charge in [-0.05, 0) is 89.2 Å². The van der Waals surface area contributed by atoms with Gasteiger partial charge in [-0.25, -0.2) is 4.39 Å². The Hall–Kier alpha value is -4.05. The number of carbonyl (C=O) groups is 1. The van der Waals surface area contributed by atoms with Crippen LogP contribution < -0.4 is 5.32 Å². The van der Waals surface area contributed by atoms with Gasteiger partial charge in [0.1, 0.15) is 12.4 Å². The molecule has 0 radical (unpaired) electrons. The predicted molar refractivity (Wildman–Crippen MR) is 138 cm³/mol. The fraction of sp³-hybridized carbons (Fsp3) is 0.222. The second kappa shape index (κ2) is 10.5. The van der Waals surface area contributed by atoms with Gasteiger partial charge in [0, 0.05) is 28.2 Å². The molecule has 192 valence electrons. The van der Waals surface area contributed by atoms with E-state index in [0.717, 1.165) is 27.2 Å². The van der Waals surface area contributed by atoms with Crippen LogP contribution in [0.2, 0.25) is 0 Å². The van der Waals surface area contributed by atoms with E-state index in [0.29, 0.717) is 16.7 Å². The van der Waals surface area contributed by atoms with Gasteiger partial charge in [-0.15, -0.1) is 10.1 Å². The van der Waals surface area contributed by atoms with Crippen molar-refractivity contribution >= 4 is 34.0 Å². The minimum atomic E-state index is -1.16. The average Bonchev–Trinajstić information content (AvgIpc) is 3.09. The van der Waals surface area contributed by atoms with E-state index in [4.69, 9.17) is 4.74 Å². The minimum absolute atomic E-state index is 0.0838. The number of dihydropyridines is 1. The summed E-state index contributed by atoms with van der Waals surface area (Å²) < 4.78 is 31.6. The topological polar surface area (TPSA) is 108 Å². The van der Waals surface area contributed by atoms with Gasteiger partial charge in [0.05, 0.1) is 6.42 Å². The molecular formula is C27H25FN2O6S. The number of rotatable bonds is 8. The summed E-state index contributed by atoms with van der Waals surface area (Å²) in [6.07, 6.45) is 8.14. The molecule has 2 aromatic rings. The first-order valence-corrected chi connectivity index (χ1v) is 12.9. The van der Waals surface area contributed by atoms with Crippen molar-refractivity contribution in [1.29, 1.82) is 0 Å². The molecule has 0 spiro atoms. The lowest BCUT2D eigenvalue weighted by Gasteiger charge is -2.29. The van der Waals surface area contributed by atoms with Crippen LogP contribution in [0.4, 0.5) is 4.39 Å². The van der Waals surface area contributed by atoms with Crippen LogP contribution in [-0.2, 0) is 25.2 Å². The SMILES string of the molecule is CC1=C(CC(=O)OC2(C)C=CC(CO[N+](=O)[O-])=CN2)c2cc(F)ccc2/C1=C\c1ccc(S(C)=O)cc1. The molecule has 2 aliphatic rings. The van der Waals surface area contributed by atoms with Crippen LogP contribution >= 0.6 is 0 Å². The first-order valence-electron chi connectivity index (χ1n) is 11.4. The number of halogens is 1. The number of nitrogens with zero attached hydrogens (tertiary/aromatic N) is 1. The Labute approximate surface area is 215 Å². The van der Waals surface area contributed by atoms with E-state index >= 15 is 0 Å². The molecule has 0 saturated heterocycles. The van der Waals surface area contributed by atoms with Crippen molar-refractivity contribution in [1.82, 2.24) is 5.32 Å². The predicted octanol–water partition coefficient (Wildman–Crippen LogP) is 4.79. The second-order valence-electron chi connectivity index (χ2n) is 8.83. The molecule has 2 aromatic carbocycles. The number of allylic oxidation sites excluding steroid dienone is 2. The molecule has 4 rings (SSSR count). The zero-order valence-electron chi connectivity index (χ0n) is 20.4. The van der Waals surface area contributed by atoms with E-state index in [1.807, 2.05) is 25.1 Å². The van der Waals surface area contributed by atoms with Gasteiger partial charge < -0.3 is 14.9 Å². The Morgan fingerprint density at radius 1 is 1.22 bits per heavy atom. The number of esters is 1. The number of carbonyl (C=O) groups excluding carboxylic acids is 1. The van der Waals surface area contributed by atoms with Crippen molar-refractivity contribution in [2.24, 2.45) is 0 Å². The Morgan fingerprint density at radius 3 is 2.57 bits per heavy atom. The van der Waals surface area contributed by atoms with Crippen molar-refractivity contribution in [3.05, 3.63) is 105 Å². The molecular weight excluding hydrogens is 499 g/mol. The van der Waals surface area contributed by atoms with Gasteiger partial charge in [-0.3, -0.25) is 9.00 Å². The molecule has 10 heteroatoms. The van der Waals surface area contributed by atoms with Gasteiger partial charge in [0.2, 0.25) is 0 Å². The zero-order valence-corrected chi connectivity index (χ0v) is 21.3. The number of fused-ring (bicyclic) bond motifs is 1. The monoisotopic (exact) mass is 524 g/mol. The summed E-state index contributed by atoms with van der Waals surface area (Å²) >= 11 is 0. The third kappa shape index (κ3) is 6.03. The molecule has 37 heavy (non-hydrogen) atoms. The standard InChI is InChI=1S/C27H25FN2O6S/c1-17-23(12-18-4-7-21(8-5-18)37(3)34)22-9-6-20(28)13-25(22)24(17)14-26(31)36-27(2)11-10-19(15-29-27)16-35-30(32)33/h4-13,15,29H,14,16H2,1-3H3/b23-12-. The Kier molecular flexibility index (Phi) is 7.40. The molecule has 1 heterocycles. The summed E-state index contributed by atoms with van der Waals surface area (Å²) in [7, 11) is -1.08. The maximum Gasteiger partial charge on any atom is 0.312 e. The number of nitrogens with one attached hydrogen (secondary N) is 1. The summed E-state index contributed by atoms with van der Waals surface area (Å²) in [5.74, 6) is -0.939. The Morgan fingerprint density at radius 2 is 1.95 bits per heavy atom. The molecule has 2 atom stereocenters. The average molecular weight is 525 g/mol. The second-order valence-corrected chi connectivity index (χ2v) is 10.2. The van der Waals surface area contributed by atoms with Crippen molar-refractivity contribution in [2.45, 2.75) is 30.9 Å². The van der Waals surface area contributed by atoms with E-state index in [9.17, 15) is 23.5 Å². The third-order valence-corrected chi connectivity index (χ3v) is 7.06. The van der Waals surface area contributed by atoms with Crippen LogP contribution in [0, 0.1) is 15.9 Å². The van der Waals surface area contributed by atoms with Crippen LogP contribution in [0.1, 0.15) is 37.0 Å². The first kappa shape index (κ1) is 26.0. The van der Waals surface area contributed by atoms with Gasteiger partial charge in [0.25, 0.3) is 5.09 Å². The fourth-order valence-corrected chi connectivity index (χ4v) is 4.72. The van der Waals surface area contributed by atoms with E-state index in [1.165, 1.54) is 18.3 Å². The van der Waals surface area contributed by atoms with Crippen molar-refractivity contribution in [2.75, 3.05) is 12.9 Å². The highest BCUT2D eigenvalue weighted by Gasteiger charge is 2.30. The van der Waals surface area contributed by atoms with Crippen LogP contribution in [0.15, 0.2) is 76.9 Å². The normalized spacial score (nSPS) is 20.2. The van der Waals surface area contributed by atoms with E-state index < -0.39 is 33.4 Å². The first-order chi connectivity index (χ1) is 17.5. The number of benzene rings is 2. The lowest BCUT2D eigenvalue weighted by atomic mass is 10.0. The quantitative estimate of drug-likeness (QED) is 0.300. The maximum absolute atomic E-state index is 14.2. The smallest absolute Gasteiger partial charge is 0.312 e. The van der Waals surface area contributed by atoms with Gasteiger partial charge in [-0.2, -0.15) is 0 Å². The van der Waals surface area contributed by atoms with Crippen molar-refractivity contribution in [3.8, 4) is 0 Å². The molecule has 0 fully saturated rings. The number of hydrogen-bond acceptors (Lipinski definition) is 7. The van der Waals surface area contributed by atoms with E-state index in [2.05, 4.69) is 10.2 Å². The van der Waals surface area contributed by atoms with Crippen molar-refractivity contribution < 1.29 is 28.1 Å². The lowest BCUT2D eigenvalue weighted by molar-refractivity contribution is -0.755. The Bertz CT molecular complexity index is 1410. The molecule has 0 amide bonds. The lowest BCUT2D eigenvalue weighted by Crippen LogP contribution is -2.43. The molecule has 8 nitrogen and oxygen atoms in total. The summed E-state index contributed by atoms with van der Waals surface area (Å²) in [5, 5.41) is 12.4. The fourth-order valence-electron chi connectivity index (χ4n) is 4.20. The van der Waals surface area contributed by atoms with E-state index in [1.54, 1.807) is 43.5 Å². The summed E-state index contributed by atoms with van der Waals surface area (Å²) in [6, 6.07) is 11.8. The Balaban J connectivity index is 1.55.